The third-order valence-corrected chi connectivity index (χ3v) is 5.88. The van der Waals surface area contributed by atoms with E-state index in [-0.39, 0.29) is 5.91 Å². The zero-order valence-electron chi connectivity index (χ0n) is 16.0. The van der Waals surface area contributed by atoms with E-state index in [1.54, 1.807) is 7.11 Å². The summed E-state index contributed by atoms with van der Waals surface area (Å²) in [7, 11) is 1.64. The third-order valence-electron chi connectivity index (χ3n) is 5.88. The normalized spacial score (nSPS) is 19.2. The lowest BCUT2D eigenvalue weighted by Gasteiger charge is -2.40. The van der Waals surface area contributed by atoms with Crippen molar-refractivity contribution in [2.24, 2.45) is 0 Å². The SMILES string of the molecule is COc1ccccc1-c1cc(C(=O)N2CCN(C3CCCCC3)CC2)[nH]n1. The van der Waals surface area contributed by atoms with E-state index in [2.05, 4.69) is 15.1 Å². The Kier molecular flexibility index (Phi) is 5.43. The minimum atomic E-state index is 0.0342. The number of para-hydroxylation sites is 1. The summed E-state index contributed by atoms with van der Waals surface area (Å²) in [6.07, 6.45) is 6.71. The van der Waals surface area contributed by atoms with Gasteiger partial charge in [-0.1, -0.05) is 31.4 Å². The van der Waals surface area contributed by atoms with Gasteiger partial charge < -0.3 is 9.64 Å². The molecule has 144 valence electrons. The van der Waals surface area contributed by atoms with Crippen LogP contribution in [0.1, 0.15) is 42.6 Å². The maximum atomic E-state index is 12.9. The van der Waals surface area contributed by atoms with Gasteiger partial charge in [-0.2, -0.15) is 5.10 Å². The summed E-state index contributed by atoms with van der Waals surface area (Å²) in [6, 6.07) is 10.3. The molecule has 0 spiro atoms. The van der Waals surface area contributed by atoms with Crippen LogP contribution in [0, 0.1) is 0 Å². The molecule has 0 unspecified atom stereocenters. The molecule has 2 heterocycles. The monoisotopic (exact) mass is 368 g/mol. The number of rotatable bonds is 4. The van der Waals surface area contributed by atoms with Crippen molar-refractivity contribution in [3.05, 3.63) is 36.0 Å². The summed E-state index contributed by atoms with van der Waals surface area (Å²) in [5.74, 6) is 0.788. The van der Waals surface area contributed by atoms with Gasteiger partial charge in [-0.3, -0.25) is 14.8 Å². The highest BCUT2D eigenvalue weighted by Crippen LogP contribution is 2.29. The van der Waals surface area contributed by atoms with Crippen LogP contribution >= 0.6 is 0 Å². The number of carbonyl (C=O) groups excluding carboxylic acids is 1. The Bertz CT molecular complexity index is 774. The highest BCUT2D eigenvalue weighted by atomic mass is 16.5. The maximum Gasteiger partial charge on any atom is 0.271 e. The van der Waals surface area contributed by atoms with Gasteiger partial charge in [0.2, 0.25) is 0 Å². The molecule has 1 aromatic carbocycles. The minimum Gasteiger partial charge on any atom is -0.496 e. The Labute approximate surface area is 160 Å². The zero-order chi connectivity index (χ0) is 18.6. The molecule has 0 atom stereocenters. The van der Waals surface area contributed by atoms with E-state index in [0.717, 1.165) is 49.2 Å². The maximum absolute atomic E-state index is 12.9. The Hall–Kier alpha value is -2.34. The molecule has 0 bridgehead atoms. The predicted octanol–water partition coefficient (Wildman–Crippen LogP) is 3.18. The van der Waals surface area contributed by atoms with Crippen LogP contribution in [0.2, 0.25) is 0 Å². The molecule has 1 amide bonds. The molecule has 4 rings (SSSR count). The van der Waals surface area contributed by atoms with E-state index in [0.29, 0.717) is 5.69 Å². The van der Waals surface area contributed by atoms with E-state index in [9.17, 15) is 4.79 Å². The second-order valence-electron chi connectivity index (χ2n) is 7.49. The van der Waals surface area contributed by atoms with Crippen LogP contribution in [0.3, 0.4) is 0 Å². The van der Waals surface area contributed by atoms with Crippen LogP contribution in [-0.4, -0.2) is 65.2 Å². The van der Waals surface area contributed by atoms with Gasteiger partial charge in [-0.05, 0) is 31.0 Å². The summed E-state index contributed by atoms with van der Waals surface area (Å²) < 4.78 is 5.40. The first-order chi connectivity index (χ1) is 13.3. The number of aromatic amines is 1. The number of aromatic nitrogens is 2. The summed E-state index contributed by atoms with van der Waals surface area (Å²) in [4.78, 5) is 17.4. The van der Waals surface area contributed by atoms with Crippen molar-refractivity contribution in [1.29, 1.82) is 0 Å². The molecule has 1 aliphatic carbocycles. The fourth-order valence-electron chi connectivity index (χ4n) is 4.33. The number of nitrogens with zero attached hydrogens (tertiary/aromatic N) is 3. The lowest BCUT2D eigenvalue weighted by Crippen LogP contribution is -2.52. The third kappa shape index (κ3) is 3.86. The Morgan fingerprint density at radius 1 is 1.11 bits per heavy atom. The number of hydrogen-bond acceptors (Lipinski definition) is 4. The van der Waals surface area contributed by atoms with Gasteiger partial charge in [0.05, 0.1) is 12.8 Å². The van der Waals surface area contributed by atoms with Crippen LogP contribution in [-0.2, 0) is 0 Å². The van der Waals surface area contributed by atoms with Gasteiger partial charge >= 0.3 is 0 Å². The van der Waals surface area contributed by atoms with Crippen molar-refractivity contribution in [2.45, 2.75) is 38.1 Å². The van der Waals surface area contributed by atoms with Crippen LogP contribution in [0.15, 0.2) is 30.3 Å². The molecule has 2 aromatic rings. The number of methoxy groups -OCH3 is 1. The van der Waals surface area contributed by atoms with Crippen molar-refractivity contribution in [2.75, 3.05) is 33.3 Å². The number of carbonyl (C=O) groups is 1. The van der Waals surface area contributed by atoms with Crippen molar-refractivity contribution in [3.63, 3.8) is 0 Å². The number of nitrogens with one attached hydrogen (secondary N) is 1. The fraction of sp³-hybridized carbons (Fsp3) is 0.524. The summed E-state index contributed by atoms with van der Waals surface area (Å²) in [6.45, 7) is 3.53. The standard InChI is InChI=1S/C21H28N4O2/c1-27-20-10-6-5-9-17(20)18-15-19(23-22-18)21(26)25-13-11-24(12-14-25)16-7-3-2-4-8-16/h5-6,9-10,15-16H,2-4,7-8,11-14H2,1H3,(H,22,23). The van der Waals surface area contributed by atoms with Crippen LogP contribution in [0.4, 0.5) is 0 Å². The van der Waals surface area contributed by atoms with E-state index < -0.39 is 0 Å². The predicted molar refractivity (Wildman–Crippen MR) is 105 cm³/mol. The first-order valence-corrected chi connectivity index (χ1v) is 9.98. The van der Waals surface area contributed by atoms with Gasteiger partial charge in [0.1, 0.15) is 11.4 Å². The molecule has 6 heteroatoms. The molecule has 1 aliphatic heterocycles. The van der Waals surface area contributed by atoms with Gasteiger partial charge in [-0.15, -0.1) is 0 Å². The quantitative estimate of drug-likeness (QED) is 0.900. The summed E-state index contributed by atoms with van der Waals surface area (Å²) >= 11 is 0. The van der Waals surface area contributed by atoms with Crippen molar-refractivity contribution < 1.29 is 9.53 Å². The highest BCUT2D eigenvalue weighted by Gasteiger charge is 2.28. The molecule has 0 radical (unpaired) electrons. The first-order valence-electron chi connectivity index (χ1n) is 9.98. The van der Waals surface area contributed by atoms with Crippen molar-refractivity contribution >= 4 is 5.91 Å². The average Bonchev–Trinajstić information content (AvgIpc) is 3.24. The average molecular weight is 368 g/mol. The topological polar surface area (TPSA) is 61.5 Å². The second kappa shape index (κ2) is 8.13. The van der Waals surface area contributed by atoms with Crippen LogP contribution in [0.25, 0.3) is 11.3 Å². The fourth-order valence-corrected chi connectivity index (χ4v) is 4.33. The van der Waals surface area contributed by atoms with Gasteiger partial charge in [-0.25, -0.2) is 0 Å². The first kappa shape index (κ1) is 18.0. The molecule has 1 N–H and O–H groups in total. The van der Waals surface area contributed by atoms with Crippen LogP contribution in [0.5, 0.6) is 5.75 Å². The number of benzene rings is 1. The molecule has 6 nitrogen and oxygen atoms in total. The Morgan fingerprint density at radius 3 is 2.59 bits per heavy atom. The Morgan fingerprint density at radius 2 is 1.85 bits per heavy atom. The molecule has 1 aromatic heterocycles. The molecule has 27 heavy (non-hydrogen) atoms. The van der Waals surface area contributed by atoms with E-state index in [1.807, 2.05) is 35.2 Å². The Balaban J connectivity index is 1.40. The van der Waals surface area contributed by atoms with Crippen LogP contribution < -0.4 is 4.74 Å². The zero-order valence-corrected chi connectivity index (χ0v) is 16.0. The van der Waals surface area contributed by atoms with Gasteiger partial charge in [0.15, 0.2) is 0 Å². The second-order valence-corrected chi connectivity index (χ2v) is 7.49. The van der Waals surface area contributed by atoms with Gasteiger partial charge in [0, 0.05) is 37.8 Å². The number of ether oxygens (including phenoxy) is 1. The molecule has 1 saturated heterocycles. The van der Waals surface area contributed by atoms with Crippen molar-refractivity contribution in [3.8, 4) is 17.0 Å². The van der Waals surface area contributed by atoms with E-state index in [4.69, 9.17) is 4.74 Å². The number of piperazine rings is 1. The lowest BCUT2D eigenvalue weighted by atomic mass is 9.94. The van der Waals surface area contributed by atoms with E-state index >= 15 is 0 Å². The smallest absolute Gasteiger partial charge is 0.271 e. The number of H-pyrrole nitrogens is 1. The molecule has 2 fully saturated rings. The lowest BCUT2D eigenvalue weighted by molar-refractivity contribution is 0.0518. The summed E-state index contributed by atoms with van der Waals surface area (Å²) in [5, 5.41) is 7.25. The summed E-state index contributed by atoms with van der Waals surface area (Å²) in [5.41, 5.74) is 2.16. The number of hydrogen-bond donors (Lipinski definition) is 1. The minimum absolute atomic E-state index is 0.0342. The number of amides is 1. The highest BCUT2D eigenvalue weighted by molar-refractivity contribution is 5.93. The molecule has 1 saturated carbocycles. The molecular weight excluding hydrogens is 340 g/mol. The molecule has 2 aliphatic rings. The largest absolute Gasteiger partial charge is 0.496 e. The van der Waals surface area contributed by atoms with Crippen molar-refractivity contribution in [1.82, 2.24) is 20.0 Å². The van der Waals surface area contributed by atoms with Gasteiger partial charge in [0.25, 0.3) is 5.91 Å². The van der Waals surface area contributed by atoms with E-state index in [1.165, 1.54) is 32.1 Å². The molecular formula is C21H28N4O2.